The average molecular weight is 1220 g/mol. The Hall–Kier alpha value is -1.31. The van der Waals surface area contributed by atoms with Crippen LogP contribution in [0.25, 0.3) is 0 Å². The first-order chi connectivity index (χ1) is 38.8. The van der Waals surface area contributed by atoms with Crippen molar-refractivity contribution in [3.05, 3.63) is 11.6 Å². The minimum Gasteiger partial charge on any atom is -0.390 e. The number of hydrogen-bond acceptors (Lipinski definition) is 26. The second-order valence-corrected chi connectivity index (χ2v) is 27.3. The predicted molar refractivity (Wildman–Crippen MR) is 281 cm³/mol. The van der Waals surface area contributed by atoms with Crippen LogP contribution in [0.5, 0.6) is 0 Å². The molecule has 14 N–H and O–H groups in total. The Balaban J connectivity index is 0.973. The zero-order chi connectivity index (χ0) is 60.7. The van der Waals surface area contributed by atoms with Gasteiger partial charge in [-0.1, -0.05) is 39.3 Å². The molecule has 9 rings (SSSR count). The molecular weight excluding hydrogens is 1120 g/mol. The first-order valence-electron chi connectivity index (χ1n) is 29.5. The lowest BCUT2D eigenvalue weighted by molar-refractivity contribution is -0.394. The quantitative estimate of drug-likeness (QED) is 0.0541. The fourth-order valence-corrected chi connectivity index (χ4v) is 15.9. The molecule has 0 radical (unpaired) electrons. The van der Waals surface area contributed by atoms with Crippen molar-refractivity contribution in [3.8, 4) is 0 Å². The van der Waals surface area contributed by atoms with Crippen LogP contribution in [0.15, 0.2) is 11.6 Å². The Bertz CT molecular complexity index is 2320. The van der Waals surface area contributed by atoms with E-state index in [-0.39, 0.29) is 30.6 Å². The maximum Gasteiger partial charge on any atom is 0.397 e. The number of fused-ring (bicyclic) bond motifs is 5. The largest absolute Gasteiger partial charge is 0.397 e. The Morgan fingerprint density at radius 3 is 1.73 bits per heavy atom. The van der Waals surface area contributed by atoms with Gasteiger partial charge in [0.15, 0.2) is 31.5 Å². The van der Waals surface area contributed by atoms with Crippen LogP contribution in [0.2, 0.25) is 0 Å². The van der Waals surface area contributed by atoms with Crippen molar-refractivity contribution in [2.75, 3.05) is 13.2 Å². The Labute approximate surface area is 483 Å². The number of rotatable bonds is 17. The summed E-state index contributed by atoms with van der Waals surface area (Å²) in [4.78, 5) is 0. The summed E-state index contributed by atoms with van der Waals surface area (Å²) in [6.45, 7) is 13.3. The standard InChI is InChI=1S/C55H92O27S/c1-21(2)9-12-34(57)55(8,68)33-11-10-27-26-18-31(29-17-25(82-83(69,70)71)13-15-53(29,6)28(26)14-16-54(27,33)7)77-50-44(67)45(37(60)24(5)76-50)79-52-47(81-49-43(66)41(64)36(59)23(4)75-49)39(62)32(20-73-52)78-51-46(38(61)30(56)19-72-51)80-48-42(65)40(63)35(58)22(3)74-48/h14,21-27,29-52,56-68H,9-13,15-20H2,1-8H3,(H,69,70,71)/t22-,23-,24-,25+,26?,27?,29?,30-,31+,32-,33+,34+,35+,36-,37-,38+,39+,40+,41+,42-,43-,44-,45+,46-,47-,48+,49+,50+,51+,52+,53-,54+,55-/m1/s1. The zero-order valence-electron chi connectivity index (χ0n) is 48.2. The number of ether oxygens (including phenoxy) is 10. The van der Waals surface area contributed by atoms with Crippen molar-refractivity contribution in [1.29, 1.82) is 0 Å². The van der Waals surface area contributed by atoms with Gasteiger partial charge in [0.25, 0.3) is 0 Å². The Kier molecular flexibility index (Phi) is 20.3. The highest BCUT2D eigenvalue weighted by Gasteiger charge is 2.64. The molecule has 5 saturated heterocycles. The summed E-state index contributed by atoms with van der Waals surface area (Å²) in [6, 6.07) is 0. The van der Waals surface area contributed by atoms with Gasteiger partial charge in [0.05, 0.1) is 55.4 Å². The second kappa shape index (κ2) is 25.5. The fourth-order valence-electron chi connectivity index (χ4n) is 15.4. The molecule has 0 aromatic rings. The first-order valence-corrected chi connectivity index (χ1v) is 30.9. The monoisotopic (exact) mass is 1220 g/mol. The van der Waals surface area contributed by atoms with Crippen LogP contribution in [-0.2, 0) is 62.0 Å². The van der Waals surface area contributed by atoms with Crippen LogP contribution in [-0.4, -0.2) is 258 Å². The summed E-state index contributed by atoms with van der Waals surface area (Å²) in [5.74, 6) is -0.559. The summed E-state index contributed by atoms with van der Waals surface area (Å²) in [7, 11) is -4.87. The molecule has 5 heterocycles. The van der Waals surface area contributed by atoms with E-state index in [1.165, 1.54) is 20.8 Å². The van der Waals surface area contributed by atoms with Crippen molar-refractivity contribution in [2.24, 2.45) is 40.4 Å². The smallest absolute Gasteiger partial charge is 0.390 e. The van der Waals surface area contributed by atoms with Crippen LogP contribution in [0.4, 0.5) is 0 Å². The molecule has 480 valence electrons. The third kappa shape index (κ3) is 13.0. The van der Waals surface area contributed by atoms with E-state index < -0.39 is 206 Å². The third-order valence-electron chi connectivity index (χ3n) is 20.4. The molecule has 9 aliphatic rings. The highest BCUT2D eigenvalue weighted by atomic mass is 32.3. The predicted octanol–water partition coefficient (Wildman–Crippen LogP) is -2.25. The molecule has 0 spiro atoms. The van der Waals surface area contributed by atoms with Gasteiger partial charge in [-0.05, 0) is 126 Å². The maximum atomic E-state index is 12.4. The van der Waals surface area contributed by atoms with Gasteiger partial charge in [0, 0.05) is 0 Å². The minimum absolute atomic E-state index is 0.00555. The van der Waals surface area contributed by atoms with Crippen LogP contribution < -0.4 is 0 Å². The lowest BCUT2D eigenvalue weighted by atomic mass is 9.47. The molecule has 27 nitrogen and oxygen atoms in total. The molecule has 3 unspecified atom stereocenters. The lowest BCUT2D eigenvalue weighted by Gasteiger charge is -2.60. The SMILES string of the molecule is CC(C)CC[C@H](O)[C@](C)(O)[C@H]1CCC2C3C[C@H](O[C@@H]4O[C@H](C)[C@@H](O)[C@H](O[C@@H]5OC[C@@H](O[C@@H]6OC[C@@H](O)[C@H](O)[C@H]6O[C@@H]6O[C@H](C)[C@H](O)[C@H](O)[C@H]6O)[C@H](O)[C@H]5O[C@@H]5O[C@H](C)[C@@H](O)[C@H](O)[C@H]5O)[C@H]4O)C4C[C@@H](OS(=O)(=O)O)CC[C@]4(C)C3=CC[C@@]21C. The maximum absolute atomic E-state index is 12.4. The van der Waals surface area contributed by atoms with E-state index in [9.17, 15) is 79.4 Å². The summed E-state index contributed by atoms with van der Waals surface area (Å²) < 4.78 is 100. The van der Waals surface area contributed by atoms with Gasteiger partial charge in [0.1, 0.15) is 91.6 Å². The topological polar surface area (TPSA) is 419 Å². The molecule has 0 amide bonds. The molecular formula is C55H92O27S. The fraction of sp³-hybridized carbons (Fsp3) is 0.964. The summed E-state index contributed by atoms with van der Waals surface area (Å²) in [5.41, 5.74) is -1.33. The van der Waals surface area contributed by atoms with E-state index in [0.29, 0.717) is 38.0 Å². The van der Waals surface area contributed by atoms with E-state index in [2.05, 4.69) is 33.8 Å². The van der Waals surface area contributed by atoms with Crippen LogP contribution in [0.1, 0.15) is 113 Å². The van der Waals surface area contributed by atoms with Gasteiger partial charge < -0.3 is 114 Å². The van der Waals surface area contributed by atoms with Gasteiger partial charge in [-0.25, -0.2) is 4.18 Å². The van der Waals surface area contributed by atoms with E-state index >= 15 is 0 Å². The van der Waals surface area contributed by atoms with Crippen molar-refractivity contribution in [2.45, 2.75) is 278 Å². The average Bonchev–Trinajstić information content (AvgIpc) is 2.34. The minimum atomic E-state index is -4.87. The van der Waals surface area contributed by atoms with E-state index in [1.54, 1.807) is 6.92 Å². The lowest BCUT2D eigenvalue weighted by Crippen LogP contribution is -2.66. The molecule has 5 aliphatic heterocycles. The number of aliphatic hydroxyl groups excluding tert-OH is 12. The zero-order valence-corrected chi connectivity index (χ0v) is 49.0. The highest BCUT2D eigenvalue weighted by Crippen LogP contribution is 2.67. The molecule has 8 fully saturated rings. The van der Waals surface area contributed by atoms with Crippen molar-refractivity contribution < 1.29 is 131 Å². The van der Waals surface area contributed by atoms with Gasteiger partial charge in [-0.2, -0.15) is 8.42 Å². The van der Waals surface area contributed by atoms with Gasteiger partial charge >= 0.3 is 10.4 Å². The van der Waals surface area contributed by atoms with Crippen molar-refractivity contribution in [1.82, 2.24) is 0 Å². The summed E-state index contributed by atoms with van der Waals surface area (Å²) in [6.07, 6.45) is -33.9. The van der Waals surface area contributed by atoms with Gasteiger partial charge in [-0.15, -0.1) is 0 Å². The number of aliphatic hydroxyl groups is 13. The van der Waals surface area contributed by atoms with E-state index in [0.717, 1.165) is 18.4 Å². The molecule has 33 atom stereocenters. The van der Waals surface area contributed by atoms with Crippen LogP contribution in [0, 0.1) is 40.4 Å². The normalized spacial score (nSPS) is 51.7. The van der Waals surface area contributed by atoms with Crippen molar-refractivity contribution in [3.63, 3.8) is 0 Å². The van der Waals surface area contributed by atoms with Crippen LogP contribution in [0.3, 0.4) is 0 Å². The molecule has 0 aromatic carbocycles. The summed E-state index contributed by atoms with van der Waals surface area (Å²) >= 11 is 0. The number of allylic oxidation sites excluding steroid dienone is 2. The van der Waals surface area contributed by atoms with Crippen molar-refractivity contribution >= 4 is 10.4 Å². The van der Waals surface area contributed by atoms with Crippen LogP contribution >= 0.6 is 0 Å². The third-order valence-corrected chi connectivity index (χ3v) is 20.9. The molecule has 83 heavy (non-hydrogen) atoms. The van der Waals surface area contributed by atoms with Gasteiger partial charge in [0.2, 0.25) is 0 Å². The van der Waals surface area contributed by atoms with E-state index in [4.69, 9.17) is 51.6 Å². The van der Waals surface area contributed by atoms with E-state index in [1.807, 2.05) is 0 Å². The molecule has 0 bridgehead atoms. The summed E-state index contributed by atoms with van der Waals surface area (Å²) in [5, 5.41) is 146. The highest BCUT2D eigenvalue weighted by molar-refractivity contribution is 7.80. The Morgan fingerprint density at radius 2 is 1.14 bits per heavy atom. The number of hydrogen-bond donors (Lipinski definition) is 14. The van der Waals surface area contributed by atoms with Gasteiger partial charge in [-0.3, -0.25) is 4.55 Å². The second-order valence-electron chi connectivity index (χ2n) is 26.3. The Morgan fingerprint density at radius 1 is 0.614 bits per heavy atom. The molecule has 28 heteroatoms. The first kappa shape index (κ1) is 66.1. The molecule has 4 aliphatic carbocycles. The molecule has 0 aromatic heterocycles. The molecule has 3 saturated carbocycles.